The summed E-state index contributed by atoms with van der Waals surface area (Å²) in [6.07, 6.45) is 2.23. The molecule has 3 heteroatoms. The largest absolute Gasteiger partial charge is 0.396 e. The highest BCUT2D eigenvalue weighted by Crippen LogP contribution is 2.46. The van der Waals surface area contributed by atoms with E-state index in [1.165, 1.54) is 0 Å². The summed E-state index contributed by atoms with van der Waals surface area (Å²) in [4.78, 5) is 5.57. The van der Waals surface area contributed by atoms with Gasteiger partial charge in [-0.15, -0.1) is 0 Å². The average molecular weight is 687 g/mol. The topological polar surface area (TPSA) is 17.3 Å². The van der Waals surface area contributed by atoms with E-state index in [4.69, 9.17) is 13.0 Å². The number of hydrogen-bond acceptors (Lipinski definition) is 1. The monoisotopic (exact) mass is 686 g/mol. The molecule has 0 N–H and O–H groups in total. The van der Waals surface area contributed by atoms with Crippen LogP contribution in [0.15, 0.2) is 223 Å². The highest BCUT2D eigenvalue weighted by Gasteiger charge is 2.28. The molecule has 2 radical (unpaired) electrons. The van der Waals surface area contributed by atoms with E-state index in [-0.39, 0.29) is 0 Å². The van der Waals surface area contributed by atoms with Gasteiger partial charge in [0.2, 0.25) is 7.98 Å². The lowest BCUT2D eigenvalue weighted by Crippen LogP contribution is -2.06. The van der Waals surface area contributed by atoms with E-state index < -0.39 is 0 Å². The van der Waals surface area contributed by atoms with E-state index in [9.17, 15) is 0 Å². The summed E-state index contributed by atoms with van der Waals surface area (Å²) in [6.45, 7) is 0. The molecule has 8 aromatic rings. The van der Waals surface area contributed by atoms with Gasteiger partial charge in [-0.1, -0.05) is 182 Å². The molecule has 0 aliphatic carbocycles. The Morgan fingerprint density at radius 2 is 0.833 bits per heavy atom. The maximum Gasteiger partial charge on any atom is 0.234 e. The number of aliphatic imine (C=N–C) groups is 1. The van der Waals surface area contributed by atoms with Crippen molar-refractivity contribution in [2.45, 2.75) is 0 Å². The molecule has 1 aliphatic heterocycles. The van der Waals surface area contributed by atoms with Gasteiger partial charge in [0.05, 0.1) is 11.4 Å². The molecule has 1 aliphatic rings. The third-order valence-corrected chi connectivity index (χ3v) is 10.0. The van der Waals surface area contributed by atoms with Crippen molar-refractivity contribution < 1.29 is 0 Å². The summed E-state index contributed by atoms with van der Waals surface area (Å²) in [5.74, 6) is 0. The van der Waals surface area contributed by atoms with Crippen LogP contribution in [-0.2, 0) is 0 Å². The zero-order valence-electron chi connectivity index (χ0n) is 29.7. The fourth-order valence-corrected chi connectivity index (χ4v) is 7.40. The molecule has 0 bridgehead atoms. The molecule has 54 heavy (non-hydrogen) atoms. The summed E-state index contributed by atoms with van der Waals surface area (Å²) in [5.41, 5.74) is 16.4. The van der Waals surface area contributed by atoms with Crippen LogP contribution >= 0.6 is 0 Å². The Morgan fingerprint density at radius 1 is 0.407 bits per heavy atom. The molecular weight excluding hydrogens is 651 g/mol. The molecule has 0 saturated heterocycles. The minimum absolute atomic E-state index is 0.867. The molecule has 0 saturated carbocycles. The van der Waals surface area contributed by atoms with Crippen LogP contribution in [0.1, 0.15) is 22.4 Å². The summed E-state index contributed by atoms with van der Waals surface area (Å²) >= 11 is 0. The molecule has 0 amide bonds. The first-order valence-electron chi connectivity index (χ1n) is 18.3. The molecule has 1 aromatic heterocycles. The number of rotatable bonds is 8. The van der Waals surface area contributed by atoms with Crippen LogP contribution < -0.4 is 0 Å². The molecule has 7 aromatic carbocycles. The predicted octanol–water partition coefficient (Wildman–Crippen LogP) is 12.4. The van der Waals surface area contributed by atoms with Crippen molar-refractivity contribution in [3.8, 4) is 44.6 Å². The summed E-state index contributed by atoms with van der Waals surface area (Å²) in [6, 6.07) is 72.2. The van der Waals surface area contributed by atoms with Gasteiger partial charge in [-0.25, -0.2) is 4.99 Å². The Balaban J connectivity index is 1.43. The number of nitrogens with zero attached hydrogens (tertiary/aromatic N) is 2. The summed E-state index contributed by atoms with van der Waals surface area (Å²) < 4.78 is 1.87. The van der Waals surface area contributed by atoms with Crippen molar-refractivity contribution >= 4 is 24.8 Å². The maximum atomic E-state index is 7.42. The third-order valence-electron chi connectivity index (χ3n) is 10.0. The number of allylic oxidation sites excluding steroid dienone is 2. The zero-order valence-corrected chi connectivity index (χ0v) is 29.7. The Hall–Kier alpha value is -6.97. The van der Waals surface area contributed by atoms with Gasteiger partial charge in [-0.05, 0) is 74.8 Å². The van der Waals surface area contributed by atoms with Crippen LogP contribution in [0.3, 0.4) is 0 Å². The van der Waals surface area contributed by atoms with E-state index >= 15 is 0 Å². The van der Waals surface area contributed by atoms with E-state index in [2.05, 4.69) is 200 Å². The molecule has 0 spiro atoms. The highest BCUT2D eigenvalue weighted by molar-refractivity contribution is 6.21. The number of aromatic nitrogens is 1. The lowest BCUT2D eigenvalue weighted by Gasteiger charge is -2.20. The van der Waals surface area contributed by atoms with Gasteiger partial charge >= 0.3 is 0 Å². The highest BCUT2D eigenvalue weighted by atomic mass is 14.9. The van der Waals surface area contributed by atoms with Crippen LogP contribution in [0.25, 0.3) is 55.8 Å². The molecule has 0 atom stereocenters. The lowest BCUT2D eigenvalue weighted by atomic mass is 9.87. The Morgan fingerprint density at radius 3 is 1.33 bits per heavy atom. The second kappa shape index (κ2) is 14.6. The van der Waals surface area contributed by atoms with Gasteiger partial charge < -0.3 is 4.48 Å². The normalized spacial score (nSPS) is 13.3. The van der Waals surface area contributed by atoms with Gasteiger partial charge in [0, 0.05) is 33.7 Å². The average Bonchev–Trinajstić information content (AvgIpc) is 3.85. The van der Waals surface area contributed by atoms with E-state index in [0.29, 0.717) is 0 Å². The van der Waals surface area contributed by atoms with E-state index in [1.807, 2.05) is 16.6 Å². The third kappa shape index (κ3) is 6.38. The first-order chi connectivity index (χ1) is 26.7. The molecule has 0 fully saturated rings. The van der Waals surface area contributed by atoms with Gasteiger partial charge in [0.25, 0.3) is 0 Å². The molecule has 0 unspecified atom stereocenters. The van der Waals surface area contributed by atoms with E-state index in [1.54, 1.807) is 0 Å². The molecule has 2 nitrogen and oxygen atoms in total. The first kappa shape index (κ1) is 32.9. The van der Waals surface area contributed by atoms with E-state index in [0.717, 1.165) is 89.6 Å². The van der Waals surface area contributed by atoms with Crippen LogP contribution in [-0.4, -0.2) is 18.2 Å². The SMILES string of the molecule is [B]n1c(-c2ccccc2)cc(-c2ccccc2)c1/C(=C1\N=C(c2ccccc2)C=C1c1ccccc1)c1cc(-c2ccccc2)cc(-c2ccccc2)c1. The van der Waals surface area contributed by atoms with Crippen LogP contribution in [0.4, 0.5) is 0 Å². The van der Waals surface area contributed by atoms with Crippen molar-refractivity contribution in [3.63, 3.8) is 0 Å². The van der Waals surface area contributed by atoms with Crippen molar-refractivity contribution in [2.75, 3.05) is 0 Å². The van der Waals surface area contributed by atoms with Crippen molar-refractivity contribution in [1.29, 1.82) is 0 Å². The van der Waals surface area contributed by atoms with Gasteiger partial charge in [0.15, 0.2) is 0 Å². The minimum Gasteiger partial charge on any atom is -0.396 e. The van der Waals surface area contributed by atoms with Gasteiger partial charge in [-0.2, -0.15) is 0 Å². The zero-order chi connectivity index (χ0) is 36.3. The van der Waals surface area contributed by atoms with Crippen LogP contribution in [0, 0.1) is 0 Å². The molecular formula is C51H35BN2. The lowest BCUT2D eigenvalue weighted by molar-refractivity contribution is 1.21. The molecule has 9 rings (SSSR count). The quantitative estimate of drug-likeness (QED) is 0.142. The maximum absolute atomic E-state index is 7.42. The van der Waals surface area contributed by atoms with Crippen molar-refractivity contribution in [2.24, 2.45) is 4.99 Å². The van der Waals surface area contributed by atoms with Crippen LogP contribution in [0.5, 0.6) is 0 Å². The smallest absolute Gasteiger partial charge is 0.234 e. The van der Waals surface area contributed by atoms with Gasteiger partial charge in [0.1, 0.15) is 0 Å². The first-order valence-corrected chi connectivity index (χ1v) is 18.3. The molecule has 252 valence electrons. The second-order valence-electron chi connectivity index (χ2n) is 13.4. The number of benzene rings is 7. The van der Waals surface area contributed by atoms with Crippen molar-refractivity contribution in [3.05, 3.63) is 240 Å². The number of hydrogen-bond donors (Lipinski definition) is 0. The second-order valence-corrected chi connectivity index (χ2v) is 13.4. The fourth-order valence-electron chi connectivity index (χ4n) is 7.40. The fraction of sp³-hybridized carbons (Fsp3) is 0. The van der Waals surface area contributed by atoms with Crippen molar-refractivity contribution in [1.82, 2.24) is 4.48 Å². The van der Waals surface area contributed by atoms with Crippen LogP contribution in [0.2, 0.25) is 0 Å². The Labute approximate surface area is 318 Å². The Bertz CT molecular complexity index is 2600. The summed E-state index contributed by atoms with van der Waals surface area (Å²) in [5, 5.41) is 0. The Kier molecular flexibility index (Phi) is 8.88. The summed E-state index contributed by atoms with van der Waals surface area (Å²) in [7, 11) is 7.42. The van der Waals surface area contributed by atoms with Gasteiger partial charge in [-0.3, -0.25) is 0 Å². The predicted molar refractivity (Wildman–Crippen MR) is 227 cm³/mol. The standard InChI is InChI=1S/C51H35BN2/c52-54-48(41-29-17-6-18-30-41)35-46(39-25-13-4-14-26-39)51(54)49(50-45(38-23-11-3-12-24-38)34-47(53-50)40-27-15-5-16-28-40)44-32-42(36-19-7-1-8-20-36)31-43(33-44)37-21-9-2-10-22-37/h1-35H/b50-49-. The minimum atomic E-state index is 0.867. The molecule has 2 heterocycles.